The second-order valence-corrected chi connectivity index (χ2v) is 6.70. The Balaban J connectivity index is 2.08. The Morgan fingerprint density at radius 3 is 2.26 bits per heavy atom. The highest BCUT2D eigenvalue weighted by Gasteiger charge is 2.19. The number of methoxy groups -OCH3 is 2. The lowest BCUT2D eigenvalue weighted by molar-refractivity contribution is -0.113. The summed E-state index contributed by atoms with van der Waals surface area (Å²) < 4.78 is 34.5. The molecule has 23 heavy (non-hydrogen) atoms. The Hall–Kier alpha value is -2.54. The number of hydrogen-bond acceptors (Lipinski definition) is 5. The molecule has 2 aromatic carbocycles. The average Bonchev–Trinajstić information content (AvgIpc) is 2.54. The minimum absolute atomic E-state index is 0.0686. The van der Waals surface area contributed by atoms with Crippen molar-refractivity contribution in [1.82, 2.24) is 0 Å². The maximum absolute atomic E-state index is 12.2. The summed E-state index contributed by atoms with van der Waals surface area (Å²) in [5, 5.41) is 2.54. The molecule has 0 saturated carbocycles. The molecule has 1 amide bonds. The number of rotatable bonds is 6. The zero-order chi connectivity index (χ0) is 16.9. The molecule has 0 fully saturated rings. The maximum Gasteiger partial charge on any atom is 0.239 e. The predicted octanol–water partition coefficient (Wildman–Crippen LogP) is 2.12. The molecular weight excluding hydrogens is 318 g/mol. The van der Waals surface area contributed by atoms with E-state index in [0.717, 1.165) is 0 Å². The van der Waals surface area contributed by atoms with Gasteiger partial charge < -0.3 is 14.8 Å². The topological polar surface area (TPSA) is 81.7 Å². The summed E-state index contributed by atoms with van der Waals surface area (Å²) in [4.78, 5) is 12.0. The van der Waals surface area contributed by atoms with Gasteiger partial charge in [-0.05, 0) is 36.4 Å². The van der Waals surface area contributed by atoms with E-state index in [0.29, 0.717) is 17.2 Å². The van der Waals surface area contributed by atoms with Gasteiger partial charge in [-0.1, -0.05) is 6.07 Å². The lowest BCUT2D eigenvalue weighted by atomic mass is 10.3. The summed E-state index contributed by atoms with van der Waals surface area (Å²) >= 11 is 0. The van der Waals surface area contributed by atoms with Crippen LogP contribution < -0.4 is 14.8 Å². The third-order valence-corrected chi connectivity index (χ3v) is 4.73. The van der Waals surface area contributed by atoms with Gasteiger partial charge in [-0.2, -0.15) is 0 Å². The largest absolute Gasteiger partial charge is 0.497 e. The van der Waals surface area contributed by atoms with Gasteiger partial charge in [0.1, 0.15) is 17.3 Å². The van der Waals surface area contributed by atoms with Crippen LogP contribution in [0.15, 0.2) is 53.4 Å². The number of nitrogens with one attached hydrogen (secondary N) is 1. The molecule has 0 unspecified atom stereocenters. The van der Waals surface area contributed by atoms with Gasteiger partial charge >= 0.3 is 0 Å². The maximum atomic E-state index is 12.2. The summed E-state index contributed by atoms with van der Waals surface area (Å²) in [7, 11) is -0.719. The highest BCUT2D eigenvalue weighted by atomic mass is 32.2. The first-order valence-electron chi connectivity index (χ1n) is 6.75. The first kappa shape index (κ1) is 16.8. The van der Waals surface area contributed by atoms with Crippen molar-refractivity contribution in [2.75, 3.05) is 25.3 Å². The van der Waals surface area contributed by atoms with Gasteiger partial charge in [-0.25, -0.2) is 8.42 Å². The first-order chi connectivity index (χ1) is 10.9. The molecule has 0 spiro atoms. The van der Waals surface area contributed by atoms with Gasteiger partial charge in [0.2, 0.25) is 5.91 Å². The number of carbonyl (C=O) groups excluding carboxylic acids is 1. The van der Waals surface area contributed by atoms with Crippen LogP contribution in [0.5, 0.6) is 11.5 Å². The van der Waals surface area contributed by atoms with Crippen LogP contribution in [0.2, 0.25) is 0 Å². The number of benzene rings is 2. The smallest absolute Gasteiger partial charge is 0.239 e. The van der Waals surface area contributed by atoms with Gasteiger partial charge in [0, 0.05) is 11.8 Å². The molecule has 0 bridgehead atoms. The van der Waals surface area contributed by atoms with Crippen molar-refractivity contribution < 1.29 is 22.7 Å². The zero-order valence-corrected chi connectivity index (χ0v) is 13.6. The molecule has 122 valence electrons. The summed E-state index contributed by atoms with van der Waals surface area (Å²) in [6.45, 7) is 0. The number of ether oxygens (including phenoxy) is 2. The summed E-state index contributed by atoms with van der Waals surface area (Å²) in [5.74, 6) is -0.143. The zero-order valence-electron chi connectivity index (χ0n) is 12.8. The Labute approximate surface area is 135 Å². The van der Waals surface area contributed by atoms with Gasteiger partial charge in [-0.3, -0.25) is 4.79 Å². The summed E-state index contributed by atoms with van der Waals surface area (Å²) in [6.07, 6.45) is 0. The Kier molecular flexibility index (Phi) is 5.23. The van der Waals surface area contributed by atoms with Crippen LogP contribution in [-0.4, -0.2) is 34.3 Å². The van der Waals surface area contributed by atoms with Gasteiger partial charge in [0.25, 0.3) is 0 Å². The van der Waals surface area contributed by atoms with Crippen LogP contribution in [0, 0.1) is 0 Å². The molecule has 0 aromatic heterocycles. The third-order valence-electron chi connectivity index (χ3n) is 3.09. The molecule has 1 N–H and O–H groups in total. The molecule has 0 heterocycles. The summed E-state index contributed by atoms with van der Waals surface area (Å²) in [5.41, 5.74) is 0.472. The average molecular weight is 335 g/mol. The lowest BCUT2D eigenvalue weighted by Crippen LogP contribution is -2.23. The van der Waals surface area contributed by atoms with Crippen molar-refractivity contribution in [3.05, 3.63) is 48.5 Å². The molecule has 7 heteroatoms. The molecule has 0 radical (unpaired) electrons. The van der Waals surface area contributed by atoms with Crippen LogP contribution >= 0.6 is 0 Å². The number of sulfone groups is 1. The van der Waals surface area contributed by atoms with E-state index in [1.54, 1.807) is 24.3 Å². The van der Waals surface area contributed by atoms with E-state index in [4.69, 9.17) is 9.47 Å². The second-order valence-electron chi connectivity index (χ2n) is 4.71. The lowest BCUT2D eigenvalue weighted by Gasteiger charge is -2.08. The van der Waals surface area contributed by atoms with Crippen LogP contribution in [0.25, 0.3) is 0 Å². The Morgan fingerprint density at radius 2 is 1.65 bits per heavy atom. The first-order valence-corrected chi connectivity index (χ1v) is 8.40. The highest BCUT2D eigenvalue weighted by Crippen LogP contribution is 2.19. The third kappa shape index (κ3) is 4.46. The van der Waals surface area contributed by atoms with E-state index in [2.05, 4.69) is 5.32 Å². The van der Waals surface area contributed by atoms with Crippen molar-refractivity contribution in [3.8, 4) is 11.5 Å². The SMILES string of the molecule is COc1ccc(S(=O)(=O)CC(=O)Nc2cccc(OC)c2)cc1. The summed E-state index contributed by atoms with van der Waals surface area (Å²) in [6, 6.07) is 12.6. The number of hydrogen-bond donors (Lipinski definition) is 1. The molecule has 0 aliphatic rings. The van der Waals surface area contributed by atoms with E-state index in [1.165, 1.54) is 38.5 Å². The van der Waals surface area contributed by atoms with E-state index >= 15 is 0 Å². The molecule has 0 aliphatic carbocycles. The van der Waals surface area contributed by atoms with E-state index in [9.17, 15) is 13.2 Å². The van der Waals surface area contributed by atoms with Crippen molar-refractivity contribution in [1.29, 1.82) is 0 Å². The van der Waals surface area contributed by atoms with Crippen LogP contribution in [0.4, 0.5) is 5.69 Å². The minimum Gasteiger partial charge on any atom is -0.497 e. The fourth-order valence-electron chi connectivity index (χ4n) is 1.94. The van der Waals surface area contributed by atoms with Crippen molar-refractivity contribution >= 4 is 21.4 Å². The van der Waals surface area contributed by atoms with Gasteiger partial charge in [0.05, 0.1) is 19.1 Å². The molecule has 0 aliphatic heterocycles. The van der Waals surface area contributed by atoms with E-state index in [1.807, 2.05) is 0 Å². The quantitative estimate of drug-likeness (QED) is 0.874. The standard InChI is InChI=1S/C16H17NO5S/c1-21-13-6-8-15(9-7-13)23(19,20)11-16(18)17-12-4-3-5-14(10-12)22-2/h3-10H,11H2,1-2H3,(H,17,18). The van der Waals surface area contributed by atoms with Gasteiger partial charge in [-0.15, -0.1) is 0 Å². The fraction of sp³-hybridized carbons (Fsp3) is 0.188. The van der Waals surface area contributed by atoms with E-state index < -0.39 is 21.5 Å². The van der Waals surface area contributed by atoms with E-state index in [-0.39, 0.29) is 4.90 Å². The predicted molar refractivity (Wildman–Crippen MR) is 86.7 cm³/mol. The normalized spacial score (nSPS) is 10.9. The molecule has 2 aromatic rings. The minimum atomic E-state index is -3.72. The number of carbonyl (C=O) groups is 1. The number of anilines is 1. The number of amides is 1. The fourth-order valence-corrected chi connectivity index (χ4v) is 3.07. The van der Waals surface area contributed by atoms with Crippen LogP contribution in [-0.2, 0) is 14.6 Å². The molecule has 2 rings (SSSR count). The van der Waals surface area contributed by atoms with Crippen LogP contribution in [0.1, 0.15) is 0 Å². The molecule has 6 nitrogen and oxygen atoms in total. The van der Waals surface area contributed by atoms with Crippen molar-refractivity contribution in [3.63, 3.8) is 0 Å². The van der Waals surface area contributed by atoms with Crippen molar-refractivity contribution in [2.45, 2.75) is 4.90 Å². The molecule has 0 atom stereocenters. The van der Waals surface area contributed by atoms with Gasteiger partial charge in [0.15, 0.2) is 9.84 Å². The molecule has 0 saturated heterocycles. The molecular formula is C16H17NO5S. The monoisotopic (exact) mass is 335 g/mol. The second kappa shape index (κ2) is 7.15. The van der Waals surface area contributed by atoms with Crippen molar-refractivity contribution in [2.24, 2.45) is 0 Å². The van der Waals surface area contributed by atoms with Crippen LogP contribution in [0.3, 0.4) is 0 Å². The Bertz CT molecular complexity index is 784. The Morgan fingerprint density at radius 1 is 1.00 bits per heavy atom. The highest BCUT2D eigenvalue weighted by molar-refractivity contribution is 7.92.